The number of likely N-dealkylation sites (tertiary alicyclic amines) is 2. The van der Waals surface area contributed by atoms with E-state index in [1.807, 2.05) is 39.4 Å². The average molecular weight is 446 g/mol. The van der Waals surface area contributed by atoms with Crippen LogP contribution in [-0.2, 0) is 11.2 Å². The fourth-order valence-electron chi connectivity index (χ4n) is 4.38. The molecule has 5 nitrogen and oxygen atoms in total. The van der Waals surface area contributed by atoms with Gasteiger partial charge >= 0.3 is 0 Å². The first-order valence-electron chi connectivity index (χ1n) is 10.8. The second-order valence-electron chi connectivity index (χ2n) is 8.44. The molecule has 0 bridgehead atoms. The number of aryl methyl sites for hydroxylation is 1. The summed E-state index contributed by atoms with van der Waals surface area (Å²) in [7, 11) is 0. The number of hydrogen-bond donors (Lipinski definition) is 0. The molecule has 0 spiro atoms. The molecule has 2 fully saturated rings. The maximum atomic E-state index is 12.4. The van der Waals surface area contributed by atoms with Gasteiger partial charge in [0.2, 0.25) is 5.91 Å². The zero-order valence-corrected chi connectivity index (χ0v) is 18.7. The molecular weight excluding hydrogens is 418 g/mol. The van der Waals surface area contributed by atoms with Gasteiger partial charge in [-0.05, 0) is 61.6 Å². The van der Waals surface area contributed by atoms with Gasteiger partial charge in [0, 0.05) is 49.2 Å². The van der Waals surface area contributed by atoms with Crippen molar-refractivity contribution in [2.24, 2.45) is 11.8 Å². The van der Waals surface area contributed by atoms with Crippen LogP contribution in [0, 0.1) is 11.8 Å². The number of nitrogens with zero attached hydrogens (tertiary/aromatic N) is 3. The van der Waals surface area contributed by atoms with Gasteiger partial charge in [-0.25, -0.2) is 4.98 Å². The van der Waals surface area contributed by atoms with E-state index in [1.54, 1.807) is 6.20 Å². The third-order valence-electron chi connectivity index (χ3n) is 6.35. The molecule has 0 radical (unpaired) electrons. The molecule has 0 N–H and O–H groups in total. The minimum Gasteiger partial charge on any atom is -0.342 e. The first-order chi connectivity index (χ1) is 14.6. The Bertz CT molecular complexity index is 842. The molecular formula is C23H28ClN3O2S. The number of benzene rings is 1. The van der Waals surface area contributed by atoms with Crippen LogP contribution < -0.4 is 0 Å². The van der Waals surface area contributed by atoms with Crippen molar-refractivity contribution in [3.63, 3.8) is 0 Å². The monoisotopic (exact) mass is 445 g/mol. The topological polar surface area (TPSA) is 53.5 Å². The summed E-state index contributed by atoms with van der Waals surface area (Å²) in [6.45, 7) is 3.48. The average Bonchev–Trinajstić information content (AvgIpc) is 3.27. The summed E-state index contributed by atoms with van der Waals surface area (Å²) in [6.07, 6.45) is 7.58. The zero-order chi connectivity index (χ0) is 20.9. The lowest BCUT2D eigenvalue weighted by molar-refractivity contribution is -0.137. The molecule has 4 rings (SSSR count). The number of carbonyl (C=O) groups excluding carboxylic acids is 2. The smallest absolute Gasteiger partial charge is 0.282 e. The van der Waals surface area contributed by atoms with E-state index in [2.05, 4.69) is 4.98 Å². The van der Waals surface area contributed by atoms with Crippen LogP contribution in [0.2, 0.25) is 5.02 Å². The Morgan fingerprint density at radius 2 is 1.73 bits per heavy atom. The predicted octanol–water partition coefficient (Wildman–Crippen LogP) is 4.52. The van der Waals surface area contributed by atoms with E-state index < -0.39 is 0 Å². The summed E-state index contributed by atoms with van der Waals surface area (Å²) >= 11 is 7.32. The SMILES string of the molecule is O=C(CCc1ccc(Cl)cc1)N1CC(CCC2CCN(C(=O)c3nccs3)CC2)C1. The van der Waals surface area contributed by atoms with Gasteiger partial charge in [-0.3, -0.25) is 9.59 Å². The summed E-state index contributed by atoms with van der Waals surface area (Å²) in [5.74, 6) is 1.67. The second-order valence-corrected chi connectivity index (χ2v) is 9.77. The van der Waals surface area contributed by atoms with E-state index in [4.69, 9.17) is 11.6 Å². The minimum absolute atomic E-state index is 0.0789. The van der Waals surface area contributed by atoms with Crippen LogP contribution in [0.1, 0.15) is 47.5 Å². The van der Waals surface area contributed by atoms with Crippen molar-refractivity contribution in [2.75, 3.05) is 26.2 Å². The molecule has 160 valence electrons. The van der Waals surface area contributed by atoms with Gasteiger partial charge in [0.1, 0.15) is 0 Å². The summed E-state index contributed by atoms with van der Waals surface area (Å²) in [6, 6.07) is 7.73. The van der Waals surface area contributed by atoms with Crippen LogP contribution in [-0.4, -0.2) is 52.8 Å². The van der Waals surface area contributed by atoms with E-state index in [1.165, 1.54) is 24.2 Å². The van der Waals surface area contributed by atoms with Crippen LogP contribution >= 0.6 is 22.9 Å². The van der Waals surface area contributed by atoms with Crippen LogP contribution in [0.15, 0.2) is 35.8 Å². The molecule has 7 heteroatoms. The molecule has 0 atom stereocenters. The van der Waals surface area contributed by atoms with E-state index in [0.29, 0.717) is 23.3 Å². The number of halogens is 1. The number of aromatic nitrogens is 1. The molecule has 2 saturated heterocycles. The fourth-order valence-corrected chi connectivity index (χ4v) is 5.11. The summed E-state index contributed by atoms with van der Waals surface area (Å²) in [4.78, 5) is 32.8. The molecule has 2 amide bonds. The van der Waals surface area contributed by atoms with Gasteiger partial charge in [-0.15, -0.1) is 11.3 Å². The second kappa shape index (κ2) is 9.92. The third-order valence-corrected chi connectivity index (χ3v) is 7.36. The van der Waals surface area contributed by atoms with Crippen molar-refractivity contribution in [3.05, 3.63) is 51.4 Å². The van der Waals surface area contributed by atoms with E-state index in [-0.39, 0.29) is 11.8 Å². The fraction of sp³-hybridized carbons (Fsp3) is 0.522. The van der Waals surface area contributed by atoms with E-state index in [9.17, 15) is 9.59 Å². The molecule has 2 aromatic rings. The van der Waals surface area contributed by atoms with E-state index >= 15 is 0 Å². The summed E-state index contributed by atoms with van der Waals surface area (Å²) in [5, 5.41) is 3.18. The Kier molecular flexibility index (Phi) is 7.05. The minimum atomic E-state index is 0.0789. The molecule has 2 aliphatic rings. The molecule has 0 saturated carbocycles. The lowest BCUT2D eigenvalue weighted by Crippen LogP contribution is -2.50. The normalized spacial score (nSPS) is 17.8. The van der Waals surface area contributed by atoms with Gasteiger partial charge in [-0.2, -0.15) is 0 Å². The summed E-state index contributed by atoms with van der Waals surface area (Å²) in [5.41, 5.74) is 1.16. The van der Waals surface area contributed by atoms with Crippen LogP contribution in [0.4, 0.5) is 0 Å². The van der Waals surface area contributed by atoms with Crippen molar-refractivity contribution >= 4 is 34.8 Å². The maximum Gasteiger partial charge on any atom is 0.282 e. The lowest BCUT2D eigenvalue weighted by Gasteiger charge is -2.40. The van der Waals surface area contributed by atoms with Crippen molar-refractivity contribution in [2.45, 2.75) is 38.5 Å². The van der Waals surface area contributed by atoms with Crippen molar-refractivity contribution in [1.82, 2.24) is 14.8 Å². The van der Waals surface area contributed by atoms with Crippen molar-refractivity contribution in [3.8, 4) is 0 Å². The first kappa shape index (κ1) is 21.3. The largest absolute Gasteiger partial charge is 0.342 e. The molecule has 3 heterocycles. The van der Waals surface area contributed by atoms with Crippen molar-refractivity contribution < 1.29 is 9.59 Å². The standard InChI is InChI=1S/C23H28ClN3O2S/c24-20-6-3-17(4-7-20)5-8-21(28)27-15-19(16-27)2-1-18-9-12-26(13-10-18)23(29)22-25-11-14-30-22/h3-4,6-7,11,14,18-19H,1-2,5,8-10,12-13,15-16H2. The zero-order valence-electron chi connectivity index (χ0n) is 17.1. The molecule has 1 aromatic carbocycles. The maximum absolute atomic E-state index is 12.4. The number of piperidine rings is 1. The van der Waals surface area contributed by atoms with Gasteiger partial charge < -0.3 is 9.80 Å². The third kappa shape index (κ3) is 5.41. The number of carbonyl (C=O) groups is 2. The quantitative estimate of drug-likeness (QED) is 0.629. The van der Waals surface area contributed by atoms with Crippen LogP contribution in [0.3, 0.4) is 0 Å². The number of amides is 2. The molecule has 1 aromatic heterocycles. The predicted molar refractivity (Wildman–Crippen MR) is 120 cm³/mol. The Balaban J connectivity index is 1.10. The van der Waals surface area contributed by atoms with Crippen molar-refractivity contribution in [1.29, 1.82) is 0 Å². The Morgan fingerprint density at radius 3 is 2.40 bits per heavy atom. The highest BCUT2D eigenvalue weighted by Crippen LogP contribution is 2.29. The van der Waals surface area contributed by atoms with Gasteiger partial charge in [0.05, 0.1) is 0 Å². The van der Waals surface area contributed by atoms with Crippen LogP contribution in [0.25, 0.3) is 0 Å². The molecule has 2 aliphatic heterocycles. The highest BCUT2D eigenvalue weighted by atomic mass is 35.5. The number of rotatable bonds is 7. The Morgan fingerprint density at radius 1 is 1.03 bits per heavy atom. The Labute approximate surface area is 187 Å². The van der Waals surface area contributed by atoms with Gasteiger partial charge in [-0.1, -0.05) is 23.7 Å². The highest BCUT2D eigenvalue weighted by Gasteiger charge is 2.31. The Hall–Kier alpha value is -1.92. The van der Waals surface area contributed by atoms with E-state index in [0.717, 1.165) is 56.0 Å². The van der Waals surface area contributed by atoms with Gasteiger partial charge in [0.25, 0.3) is 5.91 Å². The molecule has 30 heavy (non-hydrogen) atoms. The molecule has 0 unspecified atom stereocenters. The first-order valence-corrected chi connectivity index (χ1v) is 12.0. The number of hydrogen-bond acceptors (Lipinski definition) is 4. The molecule has 0 aliphatic carbocycles. The number of thiazole rings is 1. The summed E-state index contributed by atoms with van der Waals surface area (Å²) < 4.78 is 0. The lowest BCUT2D eigenvalue weighted by atomic mass is 9.86. The van der Waals surface area contributed by atoms with Gasteiger partial charge in [0.15, 0.2) is 5.01 Å². The highest BCUT2D eigenvalue weighted by molar-refractivity contribution is 7.11. The van der Waals surface area contributed by atoms with Crippen LogP contribution in [0.5, 0.6) is 0 Å².